The van der Waals surface area contributed by atoms with E-state index in [0.29, 0.717) is 0 Å². The van der Waals surface area contributed by atoms with E-state index in [9.17, 15) is 0 Å². The topological polar surface area (TPSA) is 30.5 Å². The first-order valence-corrected chi connectivity index (χ1v) is 6.71. The Hall–Kier alpha value is -0.120. The van der Waals surface area contributed by atoms with Crippen LogP contribution in [0.25, 0.3) is 0 Å². The highest BCUT2D eigenvalue weighted by Crippen LogP contribution is 2.24. The molecule has 0 heterocycles. The van der Waals surface area contributed by atoms with Crippen molar-refractivity contribution in [3.05, 3.63) is 0 Å². The van der Waals surface area contributed by atoms with Gasteiger partial charge in [0.15, 0.2) is 0 Å². The first-order chi connectivity index (χ1) is 7.93. The third-order valence-electron chi connectivity index (χ3n) is 3.20. The highest BCUT2D eigenvalue weighted by atomic mass is 16.5. The number of rotatable bonds is 10. The van der Waals surface area contributed by atoms with Crippen LogP contribution in [0, 0.1) is 5.92 Å². The molecule has 0 aromatic rings. The Morgan fingerprint density at radius 3 is 2.62 bits per heavy atom. The van der Waals surface area contributed by atoms with E-state index in [4.69, 9.17) is 9.47 Å². The highest BCUT2D eigenvalue weighted by Gasteiger charge is 2.14. The molecule has 1 aliphatic rings. The second kappa shape index (κ2) is 10.1. The minimum absolute atomic E-state index is 0.804. The van der Waals surface area contributed by atoms with Crippen LogP contribution in [0.3, 0.4) is 0 Å². The summed E-state index contributed by atoms with van der Waals surface area (Å²) in [5, 5.41) is 3.34. The summed E-state index contributed by atoms with van der Waals surface area (Å²) >= 11 is 0. The van der Waals surface area contributed by atoms with Gasteiger partial charge in [-0.3, -0.25) is 0 Å². The first kappa shape index (κ1) is 13.9. The Labute approximate surface area is 99.9 Å². The van der Waals surface area contributed by atoms with Gasteiger partial charge in [-0.25, -0.2) is 0 Å². The monoisotopic (exact) mass is 229 g/mol. The van der Waals surface area contributed by atoms with Crippen molar-refractivity contribution in [2.45, 2.75) is 38.5 Å². The SMILES string of the molecule is COCCNCCCCOCC1CCCC1. The molecule has 0 unspecified atom stereocenters. The second-order valence-electron chi connectivity index (χ2n) is 4.68. The van der Waals surface area contributed by atoms with Gasteiger partial charge >= 0.3 is 0 Å². The van der Waals surface area contributed by atoms with Crippen LogP contribution >= 0.6 is 0 Å². The van der Waals surface area contributed by atoms with Crippen LogP contribution in [0.15, 0.2) is 0 Å². The van der Waals surface area contributed by atoms with Gasteiger partial charge in [-0.15, -0.1) is 0 Å². The van der Waals surface area contributed by atoms with Crippen molar-refractivity contribution in [3.63, 3.8) is 0 Å². The van der Waals surface area contributed by atoms with E-state index in [1.807, 2.05) is 0 Å². The summed E-state index contributed by atoms with van der Waals surface area (Å²) in [6.07, 6.45) is 7.98. The van der Waals surface area contributed by atoms with Gasteiger partial charge in [0.05, 0.1) is 6.61 Å². The number of methoxy groups -OCH3 is 1. The van der Waals surface area contributed by atoms with E-state index in [-0.39, 0.29) is 0 Å². The van der Waals surface area contributed by atoms with Gasteiger partial charge in [0.2, 0.25) is 0 Å². The molecule has 0 saturated heterocycles. The fraction of sp³-hybridized carbons (Fsp3) is 1.00. The fourth-order valence-corrected chi connectivity index (χ4v) is 2.18. The van der Waals surface area contributed by atoms with Gasteiger partial charge in [-0.2, -0.15) is 0 Å². The predicted octanol–water partition coefficient (Wildman–Crippen LogP) is 2.21. The number of unbranched alkanes of at least 4 members (excludes halogenated alkanes) is 1. The van der Waals surface area contributed by atoms with Gasteiger partial charge in [0, 0.05) is 26.9 Å². The van der Waals surface area contributed by atoms with Crippen LogP contribution in [-0.4, -0.2) is 40.0 Å². The molecule has 1 rings (SSSR count). The molecule has 0 aromatic carbocycles. The molecule has 3 nitrogen and oxygen atoms in total. The van der Waals surface area contributed by atoms with Crippen molar-refractivity contribution in [2.24, 2.45) is 5.92 Å². The Morgan fingerprint density at radius 2 is 1.88 bits per heavy atom. The minimum Gasteiger partial charge on any atom is -0.383 e. The molecular weight excluding hydrogens is 202 g/mol. The van der Waals surface area contributed by atoms with E-state index in [0.717, 1.165) is 38.8 Å². The zero-order valence-corrected chi connectivity index (χ0v) is 10.7. The Kier molecular flexibility index (Phi) is 8.77. The van der Waals surface area contributed by atoms with Gasteiger partial charge in [-0.05, 0) is 38.1 Å². The second-order valence-corrected chi connectivity index (χ2v) is 4.68. The molecule has 96 valence electrons. The maximum Gasteiger partial charge on any atom is 0.0587 e. The lowest BCUT2D eigenvalue weighted by molar-refractivity contribution is 0.0981. The summed E-state index contributed by atoms with van der Waals surface area (Å²) in [4.78, 5) is 0. The van der Waals surface area contributed by atoms with E-state index in [1.54, 1.807) is 7.11 Å². The molecule has 1 fully saturated rings. The molecule has 1 saturated carbocycles. The first-order valence-electron chi connectivity index (χ1n) is 6.71. The number of nitrogens with one attached hydrogen (secondary N) is 1. The standard InChI is InChI=1S/C13H27NO2/c1-15-11-9-14-8-4-5-10-16-12-13-6-2-3-7-13/h13-14H,2-12H2,1H3. The van der Waals surface area contributed by atoms with Crippen LogP contribution < -0.4 is 5.32 Å². The molecule has 1 N–H and O–H groups in total. The molecule has 16 heavy (non-hydrogen) atoms. The largest absolute Gasteiger partial charge is 0.383 e. The van der Waals surface area contributed by atoms with E-state index < -0.39 is 0 Å². The lowest BCUT2D eigenvalue weighted by Gasteiger charge is -2.09. The zero-order chi connectivity index (χ0) is 11.5. The van der Waals surface area contributed by atoms with Crippen LogP contribution in [-0.2, 0) is 9.47 Å². The van der Waals surface area contributed by atoms with Crippen LogP contribution in [0.2, 0.25) is 0 Å². The average Bonchev–Trinajstić information content (AvgIpc) is 2.80. The molecular formula is C13H27NO2. The fourth-order valence-electron chi connectivity index (χ4n) is 2.18. The zero-order valence-electron chi connectivity index (χ0n) is 10.7. The number of ether oxygens (including phenoxy) is 2. The van der Waals surface area contributed by atoms with Crippen LogP contribution in [0.1, 0.15) is 38.5 Å². The number of hydrogen-bond donors (Lipinski definition) is 1. The summed E-state index contributed by atoms with van der Waals surface area (Å²) in [5.41, 5.74) is 0. The minimum atomic E-state index is 0.804. The third-order valence-corrected chi connectivity index (χ3v) is 3.20. The normalized spacial score (nSPS) is 17.1. The maximum atomic E-state index is 5.69. The highest BCUT2D eigenvalue weighted by molar-refractivity contribution is 4.66. The average molecular weight is 229 g/mol. The van der Waals surface area contributed by atoms with Crippen molar-refractivity contribution >= 4 is 0 Å². The Bertz CT molecular complexity index is 147. The summed E-state index contributed by atoms with van der Waals surface area (Å²) in [5.74, 6) is 0.861. The molecule has 0 aromatic heterocycles. The van der Waals surface area contributed by atoms with Gasteiger partial charge in [0.25, 0.3) is 0 Å². The van der Waals surface area contributed by atoms with Crippen LogP contribution in [0.4, 0.5) is 0 Å². The third kappa shape index (κ3) is 7.20. The summed E-state index contributed by atoms with van der Waals surface area (Å²) in [6, 6.07) is 0. The van der Waals surface area contributed by atoms with Crippen molar-refractivity contribution in [1.29, 1.82) is 0 Å². The smallest absolute Gasteiger partial charge is 0.0587 e. The predicted molar refractivity (Wildman–Crippen MR) is 66.8 cm³/mol. The van der Waals surface area contributed by atoms with Gasteiger partial charge in [0.1, 0.15) is 0 Å². The van der Waals surface area contributed by atoms with Gasteiger partial charge in [-0.1, -0.05) is 12.8 Å². The number of hydrogen-bond acceptors (Lipinski definition) is 3. The maximum absolute atomic E-state index is 5.69. The molecule has 1 aliphatic carbocycles. The van der Waals surface area contributed by atoms with Crippen molar-refractivity contribution in [2.75, 3.05) is 40.0 Å². The van der Waals surface area contributed by atoms with E-state index in [2.05, 4.69) is 5.32 Å². The molecule has 3 heteroatoms. The molecule has 0 atom stereocenters. The summed E-state index contributed by atoms with van der Waals surface area (Å²) in [7, 11) is 1.73. The Balaban J connectivity index is 1.71. The quantitative estimate of drug-likeness (QED) is 0.583. The lowest BCUT2D eigenvalue weighted by atomic mass is 10.1. The molecule has 0 radical (unpaired) electrons. The molecule has 0 amide bonds. The summed E-state index contributed by atoms with van der Waals surface area (Å²) < 4.78 is 10.6. The molecule has 0 aliphatic heterocycles. The van der Waals surface area contributed by atoms with E-state index >= 15 is 0 Å². The Morgan fingerprint density at radius 1 is 1.06 bits per heavy atom. The van der Waals surface area contributed by atoms with Crippen molar-refractivity contribution in [1.82, 2.24) is 5.32 Å². The van der Waals surface area contributed by atoms with Crippen LogP contribution in [0.5, 0.6) is 0 Å². The molecule has 0 spiro atoms. The van der Waals surface area contributed by atoms with E-state index in [1.165, 1.54) is 38.5 Å². The summed E-state index contributed by atoms with van der Waals surface area (Å²) in [6.45, 7) is 4.77. The van der Waals surface area contributed by atoms with Gasteiger partial charge < -0.3 is 14.8 Å². The molecule has 0 bridgehead atoms. The van der Waals surface area contributed by atoms with Crippen molar-refractivity contribution in [3.8, 4) is 0 Å². The lowest BCUT2D eigenvalue weighted by Crippen LogP contribution is -2.20. The van der Waals surface area contributed by atoms with Crippen molar-refractivity contribution < 1.29 is 9.47 Å².